The fraction of sp³-hybridized carbons (Fsp3) is 0.250. The van der Waals surface area contributed by atoms with Gasteiger partial charge in [0.05, 0.1) is 0 Å². The maximum absolute atomic E-state index is 13.8. The van der Waals surface area contributed by atoms with Crippen LogP contribution in [0.2, 0.25) is 0 Å². The average molecular weight is 228 g/mol. The molecule has 0 amide bonds. The van der Waals surface area contributed by atoms with E-state index < -0.39 is 0 Å². The van der Waals surface area contributed by atoms with Crippen LogP contribution in [-0.4, -0.2) is 0 Å². The largest absolute Gasteiger partial charge is 0.206 e. The SMILES string of the molecule is Cc1ccc(-c2ccc(C(C)C)cc2)c(F)c1. The fourth-order valence-corrected chi connectivity index (χ4v) is 1.90. The molecule has 17 heavy (non-hydrogen) atoms. The number of aryl methyl sites for hydroxylation is 1. The quantitative estimate of drug-likeness (QED) is 0.684. The van der Waals surface area contributed by atoms with Gasteiger partial charge in [-0.3, -0.25) is 0 Å². The van der Waals surface area contributed by atoms with E-state index in [1.165, 1.54) is 5.56 Å². The standard InChI is InChI=1S/C16H17F/c1-11(2)13-5-7-14(8-6-13)15-9-4-12(3)10-16(15)17/h4-11H,1-3H3. The molecule has 88 valence electrons. The molecule has 0 aliphatic rings. The molecule has 0 spiro atoms. The number of hydrogen-bond donors (Lipinski definition) is 0. The number of rotatable bonds is 2. The van der Waals surface area contributed by atoms with Gasteiger partial charge in [0.1, 0.15) is 5.82 Å². The van der Waals surface area contributed by atoms with E-state index in [-0.39, 0.29) is 5.82 Å². The number of halogens is 1. The third kappa shape index (κ3) is 2.55. The molecule has 0 saturated heterocycles. The summed E-state index contributed by atoms with van der Waals surface area (Å²) >= 11 is 0. The zero-order valence-electron chi connectivity index (χ0n) is 10.5. The Kier molecular flexibility index (Phi) is 3.28. The van der Waals surface area contributed by atoms with E-state index in [0.29, 0.717) is 11.5 Å². The topological polar surface area (TPSA) is 0 Å². The second-order valence-electron chi connectivity index (χ2n) is 4.76. The van der Waals surface area contributed by atoms with E-state index >= 15 is 0 Å². The van der Waals surface area contributed by atoms with Crippen LogP contribution in [0.5, 0.6) is 0 Å². The van der Waals surface area contributed by atoms with Gasteiger partial charge in [-0.25, -0.2) is 4.39 Å². The first-order chi connectivity index (χ1) is 8.08. The third-order valence-electron chi connectivity index (χ3n) is 3.01. The molecule has 0 aromatic heterocycles. The summed E-state index contributed by atoms with van der Waals surface area (Å²) in [7, 11) is 0. The maximum atomic E-state index is 13.8. The molecule has 0 fully saturated rings. The van der Waals surface area contributed by atoms with Crippen LogP contribution < -0.4 is 0 Å². The van der Waals surface area contributed by atoms with Crippen LogP contribution in [0.1, 0.15) is 30.9 Å². The van der Waals surface area contributed by atoms with Gasteiger partial charge < -0.3 is 0 Å². The Morgan fingerprint density at radius 3 is 2.12 bits per heavy atom. The highest BCUT2D eigenvalue weighted by atomic mass is 19.1. The van der Waals surface area contributed by atoms with Crippen molar-refractivity contribution in [3.05, 3.63) is 59.4 Å². The summed E-state index contributed by atoms with van der Waals surface area (Å²) < 4.78 is 13.8. The van der Waals surface area contributed by atoms with Crippen molar-refractivity contribution in [3.63, 3.8) is 0 Å². The Balaban J connectivity index is 2.40. The van der Waals surface area contributed by atoms with Crippen LogP contribution in [0.15, 0.2) is 42.5 Å². The minimum absolute atomic E-state index is 0.151. The van der Waals surface area contributed by atoms with Gasteiger partial charge in [0, 0.05) is 5.56 Å². The van der Waals surface area contributed by atoms with Gasteiger partial charge in [0.25, 0.3) is 0 Å². The minimum atomic E-state index is -0.151. The summed E-state index contributed by atoms with van der Waals surface area (Å²) in [5.41, 5.74) is 3.84. The van der Waals surface area contributed by atoms with E-state index in [1.54, 1.807) is 6.07 Å². The summed E-state index contributed by atoms with van der Waals surface area (Å²) in [4.78, 5) is 0. The lowest BCUT2D eigenvalue weighted by molar-refractivity contribution is 0.630. The van der Waals surface area contributed by atoms with Gasteiger partial charge in [0.2, 0.25) is 0 Å². The molecule has 2 aromatic carbocycles. The predicted molar refractivity (Wildman–Crippen MR) is 70.7 cm³/mol. The summed E-state index contributed by atoms with van der Waals surface area (Å²) in [6, 6.07) is 13.5. The van der Waals surface area contributed by atoms with Crippen LogP contribution in [0.3, 0.4) is 0 Å². The summed E-state index contributed by atoms with van der Waals surface area (Å²) in [6.07, 6.45) is 0. The summed E-state index contributed by atoms with van der Waals surface area (Å²) in [5, 5.41) is 0. The molecule has 0 radical (unpaired) electrons. The number of hydrogen-bond acceptors (Lipinski definition) is 0. The van der Waals surface area contributed by atoms with E-state index in [2.05, 4.69) is 26.0 Å². The summed E-state index contributed by atoms with van der Waals surface area (Å²) in [6.45, 7) is 6.21. The Morgan fingerprint density at radius 2 is 1.59 bits per heavy atom. The Bertz CT molecular complexity index is 510. The monoisotopic (exact) mass is 228 g/mol. The zero-order chi connectivity index (χ0) is 12.4. The first-order valence-electron chi connectivity index (χ1n) is 5.94. The van der Waals surface area contributed by atoms with Crippen LogP contribution in [0.25, 0.3) is 11.1 Å². The molecule has 0 aliphatic carbocycles. The lowest BCUT2D eigenvalue weighted by Crippen LogP contribution is -1.89. The van der Waals surface area contributed by atoms with Crippen molar-refractivity contribution in [2.24, 2.45) is 0 Å². The molecule has 2 rings (SSSR count). The van der Waals surface area contributed by atoms with E-state index in [0.717, 1.165) is 11.1 Å². The van der Waals surface area contributed by atoms with Crippen molar-refractivity contribution < 1.29 is 4.39 Å². The Morgan fingerprint density at radius 1 is 0.941 bits per heavy atom. The van der Waals surface area contributed by atoms with Crippen molar-refractivity contribution in [3.8, 4) is 11.1 Å². The molecular formula is C16H17F. The van der Waals surface area contributed by atoms with Crippen LogP contribution in [-0.2, 0) is 0 Å². The molecule has 0 aliphatic heterocycles. The minimum Gasteiger partial charge on any atom is -0.206 e. The molecule has 0 bridgehead atoms. The van der Waals surface area contributed by atoms with Crippen LogP contribution >= 0.6 is 0 Å². The molecule has 0 saturated carbocycles. The van der Waals surface area contributed by atoms with Gasteiger partial charge in [-0.1, -0.05) is 50.2 Å². The smallest absolute Gasteiger partial charge is 0.131 e. The molecule has 0 heterocycles. The molecular weight excluding hydrogens is 211 g/mol. The van der Waals surface area contributed by atoms with Gasteiger partial charge in [-0.05, 0) is 35.6 Å². The Hall–Kier alpha value is -1.63. The van der Waals surface area contributed by atoms with Crippen molar-refractivity contribution >= 4 is 0 Å². The van der Waals surface area contributed by atoms with E-state index in [1.807, 2.05) is 31.2 Å². The van der Waals surface area contributed by atoms with Gasteiger partial charge in [-0.15, -0.1) is 0 Å². The molecule has 0 nitrogen and oxygen atoms in total. The first-order valence-corrected chi connectivity index (χ1v) is 5.94. The maximum Gasteiger partial charge on any atom is 0.131 e. The van der Waals surface area contributed by atoms with Crippen LogP contribution in [0.4, 0.5) is 4.39 Å². The average Bonchev–Trinajstić information content (AvgIpc) is 2.29. The lowest BCUT2D eigenvalue weighted by Gasteiger charge is -2.08. The predicted octanol–water partition coefficient (Wildman–Crippen LogP) is 4.92. The highest BCUT2D eigenvalue weighted by Crippen LogP contribution is 2.25. The molecule has 0 N–H and O–H groups in total. The number of benzene rings is 2. The van der Waals surface area contributed by atoms with Crippen molar-refractivity contribution in [1.29, 1.82) is 0 Å². The zero-order valence-corrected chi connectivity index (χ0v) is 10.5. The molecule has 2 aromatic rings. The normalized spacial score (nSPS) is 10.9. The van der Waals surface area contributed by atoms with Gasteiger partial charge in [-0.2, -0.15) is 0 Å². The van der Waals surface area contributed by atoms with Crippen molar-refractivity contribution in [1.82, 2.24) is 0 Å². The van der Waals surface area contributed by atoms with Gasteiger partial charge in [0.15, 0.2) is 0 Å². The van der Waals surface area contributed by atoms with Crippen molar-refractivity contribution in [2.75, 3.05) is 0 Å². The molecule has 0 unspecified atom stereocenters. The second-order valence-corrected chi connectivity index (χ2v) is 4.76. The second kappa shape index (κ2) is 4.70. The molecule has 0 atom stereocenters. The van der Waals surface area contributed by atoms with Crippen LogP contribution in [0, 0.1) is 12.7 Å². The highest BCUT2D eigenvalue weighted by Gasteiger charge is 2.05. The Labute approximate surface area is 102 Å². The van der Waals surface area contributed by atoms with Crippen molar-refractivity contribution in [2.45, 2.75) is 26.7 Å². The van der Waals surface area contributed by atoms with E-state index in [9.17, 15) is 4.39 Å². The summed E-state index contributed by atoms with van der Waals surface area (Å²) in [5.74, 6) is 0.356. The lowest BCUT2D eigenvalue weighted by atomic mass is 9.98. The van der Waals surface area contributed by atoms with Gasteiger partial charge >= 0.3 is 0 Å². The fourth-order valence-electron chi connectivity index (χ4n) is 1.90. The first kappa shape index (κ1) is 11.8. The third-order valence-corrected chi connectivity index (χ3v) is 3.01. The van der Waals surface area contributed by atoms with E-state index in [4.69, 9.17) is 0 Å². The highest BCUT2D eigenvalue weighted by molar-refractivity contribution is 5.64. The molecule has 1 heteroatoms.